The molecule has 0 aliphatic heterocycles. The smallest absolute Gasteiger partial charge is 0.388 e. The molecule has 1 heterocycles. The molecular weight excluding hydrogens is 199 g/mol. The molecule has 1 aromatic rings. The fraction of sp³-hybridized carbons (Fsp3) is 0.400. The molecule has 13 heavy (non-hydrogen) atoms. The second-order valence-corrected chi connectivity index (χ2v) is 1.88. The lowest BCUT2D eigenvalue weighted by molar-refractivity contribution is -0.278. The summed E-state index contributed by atoms with van der Waals surface area (Å²) in [7, 11) is 0. The molecule has 0 fully saturated rings. The monoisotopic (exact) mass is 201 g/mol. The van der Waals surface area contributed by atoms with Crippen molar-refractivity contribution in [2.24, 2.45) is 0 Å². The lowest BCUT2D eigenvalue weighted by Gasteiger charge is -2.09. The Labute approximate surface area is 68.7 Å². The van der Waals surface area contributed by atoms with Crippen LogP contribution in [0.25, 0.3) is 0 Å². The summed E-state index contributed by atoms with van der Waals surface area (Å²) in [5, 5.41) is 2.82. The van der Waals surface area contributed by atoms with E-state index in [2.05, 4.69) is 9.84 Å². The van der Waals surface area contributed by atoms with E-state index in [0.717, 1.165) is 0 Å². The zero-order valence-electron chi connectivity index (χ0n) is 5.85. The Morgan fingerprint density at radius 3 is 2.54 bits per heavy atom. The molecule has 0 aromatic carbocycles. The van der Waals surface area contributed by atoms with Crippen LogP contribution in [0.1, 0.15) is 6.55 Å². The van der Waals surface area contributed by atoms with Crippen molar-refractivity contribution in [2.45, 2.75) is 12.9 Å². The van der Waals surface area contributed by atoms with Gasteiger partial charge in [-0.15, -0.1) is 13.2 Å². The van der Waals surface area contributed by atoms with Gasteiger partial charge in [-0.3, -0.25) is 0 Å². The Balaban J connectivity index is 2.83. The Kier molecular flexibility index (Phi) is 2.39. The topological polar surface area (TPSA) is 27.1 Å². The molecule has 8 heteroatoms. The molecule has 1 rings (SSSR count). The zero-order chi connectivity index (χ0) is 10.1. The maximum Gasteiger partial charge on any atom is 0.574 e. The molecule has 3 nitrogen and oxygen atoms in total. The lowest BCUT2D eigenvalue weighted by Crippen LogP contribution is -2.19. The number of alkyl halides is 5. The van der Waals surface area contributed by atoms with Crippen LogP contribution in [0.5, 0.6) is 5.88 Å². The van der Waals surface area contributed by atoms with Crippen molar-refractivity contribution in [3.05, 3.63) is 12.3 Å². The van der Waals surface area contributed by atoms with E-state index in [1.807, 2.05) is 6.20 Å². The summed E-state index contributed by atoms with van der Waals surface area (Å²) in [5.74, 6) is -1.09. The second-order valence-electron chi connectivity index (χ2n) is 1.88. The third-order valence-electron chi connectivity index (χ3n) is 0.984. The van der Waals surface area contributed by atoms with Gasteiger partial charge in [-0.2, -0.15) is 18.6 Å². The highest BCUT2D eigenvalue weighted by Gasteiger charge is 2.33. The van der Waals surface area contributed by atoms with Gasteiger partial charge >= 0.3 is 12.9 Å². The summed E-state index contributed by atoms with van der Waals surface area (Å²) in [4.78, 5) is 0. The SMILES string of the molecule is FC(F)n1n[c]cc1OC(F)(F)F. The molecule has 73 valence electrons. The van der Waals surface area contributed by atoms with Crippen LogP contribution >= 0.6 is 0 Å². The van der Waals surface area contributed by atoms with E-state index >= 15 is 0 Å². The highest BCUT2D eigenvalue weighted by molar-refractivity contribution is 5.07. The normalized spacial score (nSPS) is 12.2. The van der Waals surface area contributed by atoms with E-state index < -0.39 is 18.8 Å². The number of hydrogen-bond acceptors (Lipinski definition) is 2. The van der Waals surface area contributed by atoms with Gasteiger partial charge in [0.1, 0.15) is 6.20 Å². The first-order valence-corrected chi connectivity index (χ1v) is 2.89. The first kappa shape index (κ1) is 9.75. The number of nitrogens with zero attached hydrogens (tertiary/aromatic N) is 2. The molecule has 0 saturated carbocycles. The summed E-state index contributed by atoms with van der Waals surface area (Å²) in [5.41, 5.74) is 0. The van der Waals surface area contributed by atoms with Crippen LogP contribution < -0.4 is 4.74 Å². The Morgan fingerprint density at radius 1 is 1.46 bits per heavy atom. The maximum atomic E-state index is 11.9. The number of aromatic nitrogens is 2. The Morgan fingerprint density at radius 2 is 2.08 bits per heavy atom. The minimum atomic E-state index is -5.01. The van der Waals surface area contributed by atoms with Crippen molar-refractivity contribution >= 4 is 0 Å². The van der Waals surface area contributed by atoms with Crippen molar-refractivity contribution < 1.29 is 26.7 Å². The highest BCUT2D eigenvalue weighted by Crippen LogP contribution is 2.25. The van der Waals surface area contributed by atoms with Crippen LogP contribution in [0.15, 0.2) is 6.07 Å². The Hall–Kier alpha value is -1.34. The zero-order valence-corrected chi connectivity index (χ0v) is 5.85. The average Bonchev–Trinajstić information content (AvgIpc) is 2.31. The molecule has 0 unspecified atom stereocenters. The van der Waals surface area contributed by atoms with Crippen molar-refractivity contribution in [1.29, 1.82) is 0 Å². The van der Waals surface area contributed by atoms with E-state index in [1.54, 1.807) is 0 Å². The molecule has 0 amide bonds. The third-order valence-corrected chi connectivity index (χ3v) is 0.984. The molecular formula is C5H2F5N2O. The molecule has 0 spiro atoms. The fourth-order valence-electron chi connectivity index (χ4n) is 0.596. The number of rotatable bonds is 2. The van der Waals surface area contributed by atoms with Gasteiger partial charge in [0.25, 0.3) is 0 Å². The second kappa shape index (κ2) is 3.19. The number of ether oxygens (including phenoxy) is 1. The van der Waals surface area contributed by atoms with Crippen molar-refractivity contribution in [2.75, 3.05) is 0 Å². The van der Waals surface area contributed by atoms with Gasteiger partial charge in [-0.05, 0) is 0 Å². The van der Waals surface area contributed by atoms with Crippen molar-refractivity contribution in [3.8, 4) is 5.88 Å². The summed E-state index contributed by atoms with van der Waals surface area (Å²) < 4.78 is 61.4. The minimum Gasteiger partial charge on any atom is -0.388 e. The summed E-state index contributed by atoms with van der Waals surface area (Å²) in [6.45, 7) is -3.19. The van der Waals surface area contributed by atoms with E-state index in [-0.39, 0.29) is 4.68 Å². The summed E-state index contributed by atoms with van der Waals surface area (Å²) >= 11 is 0. The van der Waals surface area contributed by atoms with Crippen LogP contribution in [0, 0.1) is 6.20 Å². The van der Waals surface area contributed by atoms with Crippen LogP contribution in [0.4, 0.5) is 22.0 Å². The molecule has 1 radical (unpaired) electrons. The first-order valence-electron chi connectivity index (χ1n) is 2.89. The van der Waals surface area contributed by atoms with Crippen LogP contribution in [-0.2, 0) is 0 Å². The van der Waals surface area contributed by atoms with Gasteiger partial charge in [0.2, 0.25) is 5.88 Å². The van der Waals surface area contributed by atoms with Crippen LogP contribution in [-0.4, -0.2) is 16.1 Å². The van der Waals surface area contributed by atoms with Crippen molar-refractivity contribution in [3.63, 3.8) is 0 Å². The van der Waals surface area contributed by atoms with Crippen LogP contribution in [0.3, 0.4) is 0 Å². The standard InChI is InChI=1S/C5H2F5N2O/c6-4(7)12-3(1-2-11-12)13-5(8,9)10/h1,4H. The Bertz CT molecular complexity index is 281. The number of hydrogen-bond donors (Lipinski definition) is 0. The largest absolute Gasteiger partial charge is 0.574 e. The first-order chi connectivity index (χ1) is 5.90. The summed E-state index contributed by atoms with van der Waals surface area (Å²) in [6.07, 6.45) is -3.20. The molecule has 0 bridgehead atoms. The highest BCUT2D eigenvalue weighted by atomic mass is 19.4. The fourth-order valence-corrected chi connectivity index (χ4v) is 0.596. The molecule has 0 aliphatic carbocycles. The van der Waals surface area contributed by atoms with Gasteiger partial charge in [-0.25, -0.2) is 0 Å². The predicted molar refractivity (Wildman–Crippen MR) is 29.0 cm³/mol. The van der Waals surface area contributed by atoms with Crippen LogP contribution in [0.2, 0.25) is 0 Å². The molecule has 0 N–H and O–H groups in total. The van der Waals surface area contributed by atoms with Gasteiger partial charge in [0.15, 0.2) is 0 Å². The van der Waals surface area contributed by atoms with E-state index in [9.17, 15) is 22.0 Å². The summed E-state index contributed by atoms with van der Waals surface area (Å²) in [6, 6.07) is 0.569. The quantitative estimate of drug-likeness (QED) is 0.684. The van der Waals surface area contributed by atoms with E-state index in [4.69, 9.17) is 0 Å². The van der Waals surface area contributed by atoms with E-state index in [0.29, 0.717) is 6.07 Å². The molecule has 1 aromatic heterocycles. The maximum absolute atomic E-state index is 11.9. The minimum absolute atomic E-state index is 0.229. The predicted octanol–water partition coefficient (Wildman–Crippen LogP) is 1.98. The van der Waals surface area contributed by atoms with Crippen molar-refractivity contribution in [1.82, 2.24) is 9.78 Å². The average molecular weight is 201 g/mol. The van der Waals surface area contributed by atoms with Gasteiger partial charge in [0, 0.05) is 6.07 Å². The van der Waals surface area contributed by atoms with Gasteiger partial charge in [0.05, 0.1) is 0 Å². The molecule has 0 aliphatic rings. The molecule has 0 atom stereocenters. The third kappa shape index (κ3) is 2.56. The van der Waals surface area contributed by atoms with E-state index in [1.165, 1.54) is 0 Å². The number of halogens is 5. The van der Waals surface area contributed by atoms with Gasteiger partial charge < -0.3 is 4.74 Å². The molecule has 0 saturated heterocycles. The lowest BCUT2D eigenvalue weighted by atomic mass is 10.7. The van der Waals surface area contributed by atoms with Gasteiger partial charge in [-0.1, -0.05) is 0 Å².